The van der Waals surface area contributed by atoms with E-state index in [4.69, 9.17) is 9.47 Å². The summed E-state index contributed by atoms with van der Waals surface area (Å²) in [5, 5.41) is 4.08. The molecule has 0 spiro atoms. The van der Waals surface area contributed by atoms with Crippen molar-refractivity contribution < 1.29 is 9.47 Å². The Bertz CT molecular complexity index is 158. The third-order valence-electron chi connectivity index (χ3n) is 1.38. The molecule has 1 heterocycles. The first-order valence-corrected chi connectivity index (χ1v) is 3.98. The lowest BCUT2D eigenvalue weighted by Gasteiger charge is -2.01. The molecule has 0 radical (unpaired) electrons. The fourth-order valence-electron chi connectivity index (χ4n) is 0.826. The van der Waals surface area contributed by atoms with Gasteiger partial charge >= 0.3 is 0 Å². The fraction of sp³-hybridized carbons (Fsp3) is 0.625. The molecule has 12 heavy (non-hydrogen) atoms. The molecule has 0 aromatic rings. The predicted molar refractivity (Wildman–Crippen MR) is 47.3 cm³/mol. The van der Waals surface area contributed by atoms with Gasteiger partial charge in [0.05, 0.1) is 38.7 Å². The van der Waals surface area contributed by atoms with Gasteiger partial charge in [0.25, 0.3) is 0 Å². The van der Waals surface area contributed by atoms with Gasteiger partial charge < -0.3 is 14.9 Å². The van der Waals surface area contributed by atoms with Gasteiger partial charge in [-0.25, -0.2) is 0 Å². The van der Waals surface area contributed by atoms with Gasteiger partial charge in [0.15, 0.2) is 0 Å². The van der Waals surface area contributed by atoms with E-state index in [1.54, 1.807) is 6.08 Å². The zero-order chi connectivity index (χ0) is 8.65. The zero-order valence-corrected chi connectivity index (χ0v) is 7.08. The largest absolute Gasteiger partial charge is 0.373 e. The minimum Gasteiger partial charge on any atom is -0.373 e. The van der Waals surface area contributed by atoms with Crippen LogP contribution in [0.5, 0.6) is 0 Å². The molecule has 1 rings (SSSR count). The van der Waals surface area contributed by atoms with Gasteiger partial charge in [0.1, 0.15) is 0 Å². The highest BCUT2D eigenvalue weighted by molar-refractivity contribution is 5.86. The van der Waals surface area contributed by atoms with Crippen LogP contribution in [0, 0.1) is 0 Å². The second-order valence-corrected chi connectivity index (χ2v) is 2.43. The van der Waals surface area contributed by atoms with Crippen LogP contribution in [0.3, 0.4) is 0 Å². The third kappa shape index (κ3) is 3.50. The van der Waals surface area contributed by atoms with Crippen LogP contribution in [0.25, 0.3) is 0 Å². The quantitative estimate of drug-likeness (QED) is 0.373. The molecule has 1 saturated heterocycles. The summed E-state index contributed by atoms with van der Waals surface area (Å²) in [6, 6.07) is 0. The average molecular weight is 170 g/mol. The lowest BCUT2D eigenvalue weighted by molar-refractivity contribution is 0.103. The van der Waals surface area contributed by atoms with Gasteiger partial charge in [0.2, 0.25) is 0 Å². The second-order valence-electron chi connectivity index (χ2n) is 2.43. The monoisotopic (exact) mass is 170 g/mol. The highest BCUT2D eigenvalue weighted by atomic mass is 16.5. The maximum atomic E-state index is 5.22. The minimum absolute atomic E-state index is 0.560. The van der Waals surface area contributed by atoms with Crippen molar-refractivity contribution in [2.45, 2.75) is 0 Å². The van der Waals surface area contributed by atoms with E-state index in [0.29, 0.717) is 33.0 Å². The summed E-state index contributed by atoms with van der Waals surface area (Å²) in [7, 11) is 0. The summed E-state index contributed by atoms with van der Waals surface area (Å²) in [5.74, 6) is 0. The molecule has 4 heteroatoms. The number of hydrogen-bond acceptors (Lipinski definition) is 4. The van der Waals surface area contributed by atoms with Crippen molar-refractivity contribution in [3.63, 3.8) is 0 Å². The van der Waals surface area contributed by atoms with Crippen LogP contribution in [0.15, 0.2) is 17.8 Å². The van der Waals surface area contributed by atoms with E-state index in [0.717, 1.165) is 5.71 Å². The summed E-state index contributed by atoms with van der Waals surface area (Å²) in [6.45, 7) is 6.66. The third-order valence-corrected chi connectivity index (χ3v) is 1.38. The molecule has 4 nitrogen and oxygen atoms in total. The number of ether oxygens (including phenoxy) is 2. The van der Waals surface area contributed by atoms with Gasteiger partial charge in [-0.15, -0.1) is 6.58 Å². The first kappa shape index (κ1) is 9.22. The Morgan fingerprint density at radius 1 is 1.42 bits per heavy atom. The molecule has 1 fully saturated rings. The van der Waals surface area contributed by atoms with E-state index in [2.05, 4.69) is 17.1 Å². The molecule has 0 bridgehead atoms. The topological polar surface area (TPSA) is 42.9 Å². The first-order valence-electron chi connectivity index (χ1n) is 3.98. The Balaban J connectivity index is 2.26. The van der Waals surface area contributed by atoms with Crippen LogP contribution >= 0.6 is 0 Å². The van der Waals surface area contributed by atoms with E-state index in [-0.39, 0.29) is 0 Å². The van der Waals surface area contributed by atoms with Crippen LogP contribution < -0.4 is 5.43 Å². The molecule has 0 aliphatic carbocycles. The Hall–Kier alpha value is -0.870. The van der Waals surface area contributed by atoms with Crippen molar-refractivity contribution in [2.75, 3.05) is 33.0 Å². The van der Waals surface area contributed by atoms with Crippen LogP contribution in [-0.4, -0.2) is 38.7 Å². The molecule has 0 aromatic heterocycles. The van der Waals surface area contributed by atoms with Crippen molar-refractivity contribution in [2.24, 2.45) is 5.10 Å². The van der Waals surface area contributed by atoms with Crippen molar-refractivity contribution >= 4 is 5.71 Å². The second kappa shape index (κ2) is 5.74. The fourth-order valence-corrected chi connectivity index (χ4v) is 0.826. The molecule has 1 N–H and O–H groups in total. The Morgan fingerprint density at radius 2 is 2.08 bits per heavy atom. The van der Waals surface area contributed by atoms with Gasteiger partial charge in [-0.05, 0) is 0 Å². The van der Waals surface area contributed by atoms with Crippen molar-refractivity contribution in [1.82, 2.24) is 5.43 Å². The van der Waals surface area contributed by atoms with Gasteiger partial charge in [-0.3, -0.25) is 0 Å². The number of nitrogens with one attached hydrogen (secondary N) is 1. The summed E-state index contributed by atoms with van der Waals surface area (Å²) < 4.78 is 10.4. The summed E-state index contributed by atoms with van der Waals surface area (Å²) >= 11 is 0. The lowest BCUT2D eigenvalue weighted by Crippen LogP contribution is -2.17. The minimum atomic E-state index is 0.560. The van der Waals surface area contributed by atoms with Crippen molar-refractivity contribution in [3.05, 3.63) is 12.7 Å². The summed E-state index contributed by atoms with van der Waals surface area (Å²) in [6.07, 6.45) is 1.75. The van der Waals surface area contributed by atoms with Crippen LogP contribution in [-0.2, 0) is 9.47 Å². The summed E-state index contributed by atoms with van der Waals surface area (Å²) in [4.78, 5) is 0. The zero-order valence-electron chi connectivity index (χ0n) is 7.08. The number of hydrogen-bond donors (Lipinski definition) is 1. The normalized spacial score (nSPS) is 18.2. The molecular formula is C8H14N2O2. The van der Waals surface area contributed by atoms with E-state index in [9.17, 15) is 0 Å². The molecule has 68 valence electrons. The number of hydrazone groups is 1. The molecule has 0 aromatic carbocycles. The molecular weight excluding hydrogens is 156 g/mol. The first-order chi connectivity index (χ1) is 5.93. The Kier molecular flexibility index (Phi) is 4.41. The van der Waals surface area contributed by atoms with Gasteiger partial charge in [0, 0.05) is 0 Å². The number of rotatable bonds is 3. The van der Waals surface area contributed by atoms with E-state index >= 15 is 0 Å². The van der Waals surface area contributed by atoms with Crippen molar-refractivity contribution in [3.8, 4) is 0 Å². The highest BCUT2D eigenvalue weighted by Crippen LogP contribution is 1.90. The van der Waals surface area contributed by atoms with Crippen LogP contribution in [0.2, 0.25) is 0 Å². The van der Waals surface area contributed by atoms with Crippen LogP contribution in [0.4, 0.5) is 0 Å². The maximum Gasteiger partial charge on any atom is 0.0891 e. The summed E-state index contributed by atoms with van der Waals surface area (Å²) in [5.41, 5.74) is 3.74. The maximum absolute atomic E-state index is 5.22. The number of nitrogens with zero attached hydrogens (tertiary/aromatic N) is 1. The molecule has 0 atom stereocenters. The average Bonchev–Trinajstić information content (AvgIpc) is 2.33. The highest BCUT2D eigenvalue weighted by Gasteiger charge is 2.04. The Labute approximate surface area is 72.2 Å². The van der Waals surface area contributed by atoms with E-state index < -0.39 is 0 Å². The molecule has 0 saturated carbocycles. The van der Waals surface area contributed by atoms with Crippen molar-refractivity contribution in [1.29, 1.82) is 0 Å². The SMILES string of the molecule is C=CCNN=C1COCCOC1. The van der Waals surface area contributed by atoms with E-state index in [1.807, 2.05) is 0 Å². The van der Waals surface area contributed by atoms with E-state index in [1.165, 1.54) is 0 Å². The molecule has 1 aliphatic heterocycles. The predicted octanol–water partition coefficient (Wildman–Crippen LogP) is 0.165. The lowest BCUT2D eigenvalue weighted by atomic mass is 10.4. The molecule has 0 unspecified atom stereocenters. The molecule has 1 aliphatic rings. The van der Waals surface area contributed by atoms with Gasteiger partial charge in [-0.1, -0.05) is 6.08 Å². The van der Waals surface area contributed by atoms with Crippen LogP contribution in [0.1, 0.15) is 0 Å². The smallest absolute Gasteiger partial charge is 0.0891 e. The van der Waals surface area contributed by atoms with Gasteiger partial charge in [-0.2, -0.15) is 5.10 Å². The molecule has 0 amide bonds. The Morgan fingerprint density at radius 3 is 2.67 bits per heavy atom. The standard InChI is InChI=1S/C8H14N2O2/c1-2-3-9-10-8-6-11-4-5-12-7-8/h2,9H,1,3-7H2.